The molecule has 0 saturated carbocycles. The maximum atomic E-state index is 13.2. The normalized spacial score (nSPS) is 11.2. The maximum absolute atomic E-state index is 13.2. The van der Waals surface area contributed by atoms with Gasteiger partial charge in [-0.2, -0.15) is 0 Å². The first-order valence-corrected chi connectivity index (χ1v) is 10.7. The van der Waals surface area contributed by atoms with E-state index in [0.29, 0.717) is 16.9 Å². The fourth-order valence-corrected chi connectivity index (χ4v) is 3.83. The highest BCUT2D eigenvalue weighted by molar-refractivity contribution is 7.98. The van der Waals surface area contributed by atoms with E-state index in [1.165, 1.54) is 6.26 Å². The van der Waals surface area contributed by atoms with Gasteiger partial charge in [-0.1, -0.05) is 30.3 Å². The Morgan fingerprint density at radius 1 is 1.06 bits per heavy atom. The van der Waals surface area contributed by atoms with Crippen LogP contribution in [0.3, 0.4) is 0 Å². The molecular formula is C24H25NO5S. The molecule has 6 nitrogen and oxygen atoms in total. The molecule has 0 saturated heterocycles. The van der Waals surface area contributed by atoms with Crippen molar-refractivity contribution in [2.45, 2.75) is 37.0 Å². The van der Waals surface area contributed by atoms with Crippen molar-refractivity contribution in [3.8, 4) is 16.9 Å². The summed E-state index contributed by atoms with van der Waals surface area (Å²) in [5, 5.41) is 0. The first kappa shape index (κ1) is 22.5. The summed E-state index contributed by atoms with van der Waals surface area (Å²) >= 11 is 1.59. The third kappa shape index (κ3) is 6.15. The second-order valence-corrected chi connectivity index (χ2v) is 8.90. The number of thioether (sulfide) groups is 1. The highest BCUT2D eigenvalue weighted by Gasteiger charge is 2.27. The molecule has 0 aliphatic rings. The van der Waals surface area contributed by atoms with Gasteiger partial charge >= 0.3 is 5.97 Å². The number of primary amides is 1. The molecule has 7 heteroatoms. The van der Waals surface area contributed by atoms with Crippen molar-refractivity contribution in [3.63, 3.8) is 0 Å². The van der Waals surface area contributed by atoms with Crippen LogP contribution in [0.1, 0.15) is 36.7 Å². The highest BCUT2D eigenvalue weighted by atomic mass is 32.2. The third-order valence-electron chi connectivity index (χ3n) is 4.18. The lowest BCUT2D eigenvalue weighted by Crippen LogP contribution is -2.26. The molecule has 31 heavy (non-hydrogen) atoms. The number of esters is 1. The number of nitrogens with two attached hydrogens (primary N) is 1. The van der Waals surface area contributed by atoms with Crippen molar-refractivity contribution in [1.29, 1.82) is 0 Å². The Bertz CT molecular complexity index is 1040. The molecule has 1 heterocycles. The summed E-state index contributed by atoms with van der Waals surface area (Å²) in [6, 6.07) is 15.3. The molecule has 0 fully saturated rings. The molecule has 162 valence electrons. The van der Waals surface area contributed by atoms with E-state index >= 15 is 0 Å². The average molecular weight is 440 g/mol. The molecule has 3 aromatic rings. The summed E-state index contributed by atoms with van der Waals surface area (Å²) in [7, 11) is 0. The van der Waals surface area contributed by atoms with Crippen molar-refractivity contribution in [3.05, 3.63) is 72.2 Å². The van der Waals surface area contributed by atoms with Gasteiger partial charge in [-0.3, -0.25) is 4.79 Å². The molecule has 0 radical (unpaired) electrons. The SMILES string of the molecule is CC(C)(C)OC(=O)c1c(CSc2ccccc2)ccc(-c2ccoc2)c1OCC(N)=O. The largest absolute Gasteiger partial charge is 0.482 e. The van der Waals surface area contributed by atoms with Crippen LogP contribution in [0.25, 0.3) is 11.1 Å². The Balaban J connectivity index is 2.08. The molecule has 2 N–H and O–H groups in total. The van der Waals surface area contributed by atoms with Crippen LogP contribution in [0.5, 0.6) is 5.75 Å². The van der Waals surface area contributed by atoms with Crippen molar-refractivity contribution >= 4 is 23.6 Å². The van der Waals surface area contributed by atoms with Crippen molar-refractivity contribution in [2.75, 3.05) is 6.61 Å². The Morgan fingerprint density at radius 3 is 2.42 bits per heavy atom. The van der Waals surface area contributed by atoms with E-state index in [1.807, 2.05) is 42.5 Å². The second-order valence-electron chi connectivity index (χ2n) is 7.85. The van der Waals surface area contributed by atoms with Crippen LogP contribution in [0.4, 0.5) is 0 Å². The minimum atomic E-state index is -0.701. The van der Waals surface area contributed by atoms with Crippen LogP contribution in [0.2, 0.25) is 0 Å². The van der Waals surface area contributed by atoms with Gasteiger partial charge in [0.25, 0.3) is 5.91 Å². The van der Waals surface area contributed by atoms with Gasteiger partial charge in [0.15, 0.2) is 6.61 Å². The molecule has 0 aliphatic carbocycles. The summed E-state index contributed by atoms with van der Waals surface area (Å²) in [5.74, 6) is -0.407. The number of hydrogen-bond acceptors (Lipinski definition) is 6. The fraction of sp³-hybridized carbons (Fsp3) is 0.250. The quantitative estimate of drug-likeness (QED) is 0.390. The Hall–Kier alpha value is -3.19. The van der Waals surface area contributed by atoms with E-state index in [0.717, 1.165) is 10.5 Å². The van der Waals surface area contributed by atoms with E-state index in [-0.39, 0.29) is 17.9 Å². The van der Waals surface area contributed by atoms with Crippen molar-refractivity contribution < 1.29 is 23.5 Å². The Labute approximate surface area is 185 Å². The topological polar surface area (TPSA) is 91.8 Å². The van der Waals surface area contributed by atoms with E-state index in [4.69, 9.17) is 19.6 Å². The molecule has 2 aromatic carbocycles. The molecule has 0 spiro atoms. The zero-order valence-corrected chi connectivity index (χ0v) is 18.5. The highest BCUT2D eigenvalue weighted by Crippen LogP contribution is 2.38. The predicted molar refractivity (Wildman–Crippen MR) is 120 cm³/mol. The van der Waals surface area contributed by atoms with Gasteiger partial charge < -0.3 is 19.6 Å². The van der Waals surface area contributed by atoms with Gasteiger partial charge in [0, 0.05) is 21.8 Å². The zero-order valence-electron chi connectivity index (χ0n) is 17.7. The van der Waals surface area contributed by atoms with E-state index < -0.39 is 17.5 Å². The molecular weight excluding hydrogens is 414 g/mol. The molecule has 3 rings (SSSR count). The average Bonchev–Trinajstić information content (AvgIpc) is 3.24. The lowest BCUT2D eigenvalue weighted by atomic mass is 9.99. The maximum Gasteiger partial charge on any atom is 0.342 e. The standard InChI is InChI=1S/C24H25NO5S/c1-24(2,3)30-23(27)21-17(15-31-18-7-5-4-6-8-18)9-10-19(16-11-12-28-13-16)22(21)29-14-20(25)26/h4-13H,14-15H2,1-3H3,(H2,25,26). The minimum absolute atomic E-state index is 0.251. The van der Waals surface area contributed by atoms with Crippen LogP contribution in [0.15, 0.2) is 70.4 Å². The van der Waals surface area contributed by atoms with Crippen molar-refractivity contribution in [2.24, 2.45) is 5.73 Å². The van der Waals surface area contributed by atoms with Gasteiger partial charge in [0.2, 0.25) is 0 Å². The van der Waals surface area contributed by atoms with Crippen LogP contribution in [-0.2, 0) is 15.3 Å². The lowest BCUT2D eigenvalue weighted by molar-refractivity contribution is -0.119. The van der Waals surface area contributed by atoms with Gasteiger partial charge in [-0.15, -0.1) is 11.8 Å². The van der Waals surface area contributed by atoms with Crippen LogP contribution in [0, 0.1) is 0 Å². The van der Waals surface area contributed by atoms with Gasteiger partial charge in [0.05, 0.1) is 12.5 Å². The first-order chi connectivity index (χ1) is 14.7. The predicted octanol–water partition coefficient (Wildman–Crippen LogP) is 5.06. The number of hydrogen-bond donors (Lipinski definition) is 1. The van der Waals surface area contributed by atoms with Gasteiger partial charge in [-0.25, -0.2) is 4.79 Å². The van der Waals surface area contributed by atoms with Gasteiger partial charge in [-0.05, 0) is 44.5 Å². The van der Waals surface area contributed by atoms with E-state index in [2.05, 4.69) is 0 Å². The molecule has 0 aliphatic heterocycles. The number of carbonyl (C=O) groups excluding carboxylic acids is 2. The molecule has 0 atom stereocenters. The smallest absolute Gasteiger partial charge is 0.342 e. The number of rotatable bonds is 8. The fourth-order valence-electron chi connectivity index (χ4n) is 2.91. The Kier molecular flexibility index (Phi) is 7.07. The zero-order chi connectivity index (χ0) is 22.4. The summed E-state index contributed by atoms with van der Waals surface area (Å²) in [5.41, 5.74) is 6.94. The number of ether oxygens (including phenoxy) is 2. The number of furan rings is 1. The van der Waals surface area contributed by atoms with E-state index in [1.54, 1.807) is 44.9 Å². The monoisotopic (exact) mass is 439 g/mol. The summed E-state index contributed by atoms with van der Waals surface area (Å²) < 4.78 is 16.6. The number of benzene rings is 2. The third-order valence-corrected chi connectivity index (χ3v) is 5.24. The Morgan fingerprint density at radius 2 is 1.81 bits per heavy atom. The van der Waals surface area contributed by atoms with Gasteiger partial charge in [0.1, 0.15) is 16.9 Å². The van der Waals surface area contributed by atoms with Crippen molar-refractivity contribution in [1.82, 2.24) is 0 Å². The van der Waals surface area contributed by atoms with E-state index in [9.17, 15) is 9.59 Å². The number of carbonyl (C=O) groups is 2. The molecule has 0 bridgehead atoms. The molecule has 1 aromatic heterocycles. The first-order valence-electron chi connectivity index (χ1n) is 9.75. The summed E-state index contributed by atoms with van der Waals surface area (Å²) in [6.07, 6.45) is 3.07. The lowest BCUT2D eigenvalue weighted by Gasteiger charge is -2.23. The summed E-state index contributed by atoms with van der Waals surface area (Å²) in [6.45, 7) is 5.03. The van der Waals surface area contributed by atoms with Crippen LogP contribution < -0.4 is 10.5 Å². The van der Waals surface area contributed by atoms with Crippen LogP contribution >= 0.6 is 11.8 Å². The summed E-state index contributed by atoms with van der Waals surface area (Å²) in [4.78, 5) is 25.7. The molecule has 0 unspecified atom stereocenters. The number of amides is 1. The minimum Gasteiger partial charge on any atom is -0.482 e. The van der Waals surface area contributed by atoms with Crippen LogP contribution in [-0.4, -0.2) is 24.1 Å². The molecule has 1 amide bonds. The second kappa shape index (κ2) is 9.75.